The molecular weight excluding hydrogens is 328 g/mol. The van der Waals surface area contributed by atoms with E-state index in [4.69, 9.17) is 25.8 Å². The third-order valence-corrected chi connectivity index (χ3v) is 3.59. The fraction of sp³-hybridized carbons (Fsp3) is 0.316. The zero-order valence-electron chi connectivity index (χ0n) is 13.7. The first kappa shape index (κ1) is 18.5. The zero-order valence-corrected chi connectivity index (χ0v) is 14.4. The summed E-state index contributed by atoms with van der Waals surface area (Å²) in [6, 6.07) is 14.9. The molecule has 0 bridgehead atoms. The van der Waals surface area contributed by atoms with E-state index in [-0.39, 0.29) is 0 Å². The molecule has 4 nitrogen and oxygen atoms in total. The highest BCUT2D eigenvalue weighted by Gasteiger charge is 2.07. The van der Waals surface area contributed by atoms with E-state index in [1.165, 1.54) is 0 Å². The number of ether oxygens (including phenoxy) is 3. The van der Waals surface area contributed by atoms with Gasteiger partial charge >= 0.3 is 0 Å². The van der Waals surface area contributed by atoms with Crippen LogP contribution < -0.4 is 4.74 Å². The maximum Gasteiger partial charge on any atom is 0.252 e. The number of hydrogen-bond donors (Lipinski definition) is 0. The van der Waals surface area contributed by atoms with Gasteiger partial charge in [-0.1, -0.05) is 30.3 Å². The summed E-state index contributed by atoms with van der Waals surface area (Å²) >= 11 is 5.48. The molecule has 0 aliphatic heterocycles. The van der Waals surface area contributed by atoms with Gasteiger partial charge in [-0.3, -0.25) is 4.79 Å². The summed E-state index contributed by atoms with van der Waals surface area (Å²) < 4.78 is 16.5. The van der Waals surface area contributed by atoms with E-state index < -0.39 is 5.24 Å². The van der Waals surface area contributed by atoms with Crippen LogP contribution in [0, 0.1) is 0 Å². The van der Waals surface area contributed by atoms with Crippen LogP contribution in [0.4, 0.5) is 0 Å². The van der Waals surface area contributed by atoms with Crippen molar-refractivity contribution in [1.82, 2.24) is 0 Å². The second-order valence-corrected chi connectivity index (χ2v) is 5.35. The predicted octanol–water partition coefficient (Wildman–Crippen LogP) is 4.16. The Morgan fingerprint density at radius 3 is 2.29 bits per heavy atom. The molecule has 0 fully saturated rings. The highest BCUT2D eigenvalue weighted by Crippen LogP contribution is 2.30. The van der Waals surface area contributed by atoms with E-state index in [0.717, 1.165) is 16.9 Å². The average molecular weight is 349 g/mol. The molecule has 0 aliphatic rings. The number of rotatable bonds is 10. The Balaban J connectivity index is 1.93. The van der Waals surface area contributed by atoms with Gasteiger partial charge in [0.25, 0.3) is 5.24 Å². The molecule has 0 unspecified atom stereocenters. The number of benzene rings is 2. The molecule has 2 rings (SSSR count). The number of hydrogen-bond acceptors (Lipinski definition) is 4. The molecule has 0 heterocycles. The van der Waals surface area contributed by atoms with Crippen LogP contribution in [-0.4, -0.2) is 38.3 Å². The molecule has 0 saturated heterocycles. The highest BCUT2D eigenvalue weighted by atomic mass is 35.5. The van der Waals surface area contributed by atoms with Gasteiger partial charge in [-0.2, -0.15) is 0 Å². The predicted molar refractivity (Wildman–Crippen MR) is 94.9 cm³/mol. The Morgan fingerprint density at radius 2 is 1.58 bits per heavy atom. The van der Waals surface area contributed by atoms with Gasteiger partial charge in [-0.05, 0) is 42.3 Å². The lowest BCUT2D eigenvalue weighted by atomic mass is 10.0. The summed E-state index contributed by atoms with van der Waals surface area (Å²) in [6.07, 6.45) is 0. The smallest absolute Gasteiger partial charge is 0.252 e. The lowest BCUT2D eigenvalue weighted by Crippen LogP contribution is -2.11. The van der Waals surface area contributed by atoms with Gasteiger partial charge in [-0.15, -0.1) is 0 Å². The van der Waals surface area contributed by atoms with E-state index in [1.54, 1.807) is 12.1 Å². The molecule has 24 heavy (non-hydrogen) atoms. The summed E-state index contributed by atoms with van der Waals surface area (Å²) in [5.74, 6) is 0.774. The van der Waals surface area contributed by atoms with Gasteiger partial charge in [-0.25, -0.2) is 0 Å². The van der Waals surface area contributed by atoms with Crippen molar-refractivity contribution in [3.63, 3.8) is 0 Å². The van der Waals surface area contributed by atoms with E-state index in [9.17, 15) is 4.79 Å². The van der Waals surface area contributed by atoms with Gasteiger partial charge in [0.15, 0.2) is 0 Å². The molecule has 5 heteroatoms. The van der Waals surface area contributed by atoms with E-state index in [0.29, 0.717) is 38.6 Å². The third-order valence-electron chi connectivity index (χ3n) is 3.37. The Hall–Kier alpha value is -1.88. The van der Waals surface area contributed by atoms with Crippen LogP contribution in [0.25, 0.3) is 11.1 Å². The van der Waals surface area contributed by atoms with Gasteiger partial charge in [0.05, 0.1) is 19.8 Å². The molecule has 0 aliphatic carbocycles. The quantitative estimate of drug-likeness (QED) is 0.477. The van der Waals surface area contributed by atoms with Crippen LogP contribution in [-0.2, 0) is 9.47 Å². The summed E-state index contributed by atoms with van der Waals surface area (Å²) in [7, 11) is 0. The van der Waals surface area contributed by atoms with E-state index in [1.807, 2.05) is 43.3 Å². The first-order chi connectivity index (χ1) is 11.7. The van der Waals surface area contributed by atoms with Crippen molar-refractivity contribution in [2.24, 2.45) is 0 Å². The maximum atomic E-state index is 11.1. The molecule has 0 spiro atoms. The lowest BCUT2D eigenvalue weighted by molar-refractivity contribution is 0.0405. The fourth-order valence-electron chi connectivity index (χ4n) is 2.19. The van der Waals surface area contributed by atoms with Crippen molar-refractivity contribution in [2.75, 3.05) is 33.0 Å². The Morgan fingerprint density at radius 1 is 0.917 bits per heavy atom. The van der Waals surface area contributed by atoms with Gasteiger partial charge in [0, 0.05) is 17.7 Å². The van der Waals surface area contributed by atoms with E-state index >= 15 is 0 Å². The lowest BCUT2D eigenvalue weighted by Gasteiger charge is -2.12. The minimum atomic E-state index is -0.463. The summed E-state index contributed by atoms with van der Waals surface area (Å²) in [4.78, 5) is 11.1. The Labute approximate surface area is 147 Å². The van der Waals surface area contributed by atoms with Crippen molar-refractivity contribution in [1.29, 1.82) is 0 Å². The first-order valence-corrected chi connectivity index (χ1v) is 8.27. The van der Waals surface area contributed by atoms with Gasteiger partial charge in [0.1, 0.15) is 12.4 Å². The fourth-order valence-corrected chi connectivity index (χ4v) is 2.31. The zero-order chi connectivity index (χ0) is 17.2. The monoisotopic (exact) mass is 348 g/mol. The van der Waals surface area contributed by atoms with E-state index in [2.05, 4.69) is 0 Å². The standard InChI is InChI=1S/C19H21ClO4/c1-2-22-11-12-23-13-14-24-18-6-4-3-5-17(18)15-7-9-16(10-8-15)19(20)21/h3-10H,2,11-14H2,1H3. The van der Waals surface area contributed by atoms with Crippen LogP contribution in [0.2, 0.25) is 0 Å². The van der Waals surface area contributed by atoms with Gasteiger partial charge < -0.3 is 14.2 Å². The average Bonchev–Trinajstić information content (AvgIpc) is 2.61. The molecule has 0 N–H and O–H groups in total. The van der Waals surface area contributed by atoms with Crippen LogP contribution in [0.1, 0.15) is 17.3 Å². The summed E-state index contributed by atoms with van der Waals surface area (Å²) in [5.41, 5.74) is 2.39. The van der Waals surface area contributed by atoms with Crippen molar-refractivity contribution in [3.05, 3.63) is 54.1 Å². The molecule has 128 valence electrons. The maximum absolute atomic E-state index is 11.1. The van der Waals surface area contributed by atoms with Gasteiger partial charge in [0.2, 0.25) is 0 Å². The number of halogens is 1. The molecule has 0 aromatic heterocycles. The molecule has 0 atom stereocenters. The largest absolute Gasteiger partial charge is 0.491 e. The van der Waals surface area contributed by atoms with Crippen LogP contribution in [0.3, 0.4) is 0 Å². The van der Waals surface area contributed by atoms with Crippen LogP contribution in [0.15, 0.2) is 48.5 Å². The van der Waals surface area contributed by atoms with Crippen LogP contribution in [0.5, 0.6) is 5.75 Å². The Bertz CT molecular complexity index is 640. The normalized spacial score (nSPS) is 10.6. The SMILES string of the molecule is CCOCCOCCOc1ccccc1-c1ccc(C(=O)Cl)cc1. The molecule has 2 aromatic rings. The first-order valence-electron chi connectivity index (χ1n) is 7.90. The van der Waals surface area contributed by atoms with Crippen LogP contribution >= 0.6 is 11.6 Å². The molecule has 2 aromatic carbocycles. The molecule has 0 saturated carbocycles. The van der Waals surface area contributed by atoms with Crippen molar-refractivity contribution in [3.8, 4) is 16.9 Å². The molecule has 0 radical (unpaired) electrons. The minimum absolute atomic E-state index is 0.460. The number of carbonyl (C=O) groups excluding carboxylic acids is 1. The topological polar surface area (TPSA) is 44.8 Å². The number of carbonyl (C=O) groups is 1. The summed E-state index contributed by atoms with van der Waals surface area (Å²) in [6.45, 7) is 4.77. The third kappa shape index (κ3) is 5.64. The minimum Gasteiger partial charge on any atom is -0.491 e. The highest BCUT2D eigenvalue weighted by molar-refractivity contribution is 6.67. The number of para-hydroxylation sites is 1. The van der Waals surface area contributed by atoms with Crippen molar-refractivity contribution in [2.45, 2.75) is 6.92 Å². The second kappa shape index (κ2) is 10.1. The summed E-state index contributed by atoms with van der Waals surface area (Å²) in [5, 5.41) is -0.463. The molecular formula is C19H21ClO4. The molecule has 0 amide bonds. The Kier molecular flexibility index (Phi) is 7.75. The van der Waals surface area contributed by atoms with Crippen molar-refractivity contribution < 1.29 is 19.0 Å². The second-order valence-electron chi connectivity index (χ2n) is 5.00. The van der Waals surface area contributed by atoms with Crippen molar-refractivity contribution >= 4 is 16.8 Å².